The molecule has 0 bridgehead atoms. The Morgan fingerprint density at radius 3 is 2.70 bits per heavy atom. The fourth-order valence-electron chi connectivity index (χ4n) is 3.89. The number of hydrogen-bond acceptors (Lipinski definition) is 5. The summed E-state index contributed by atoms with van der Waals surface area (Å²) in [7, 11) is 0. The van der Waals surface area contributed by atoms with E-state index in [2.05, 4.69) is 22.2 Å². The fourth-order valence-corrected chi connectivity index (χ4v) is 5.36. The normalized spacial score (nSPS) is 15.7. The third kappa shape index (κ3) is 4.00. The van der Waals surface area contributed by atoms with Crippen LogP contribution in [0.15, 0.2) is 54.9 Å². The van der Waals surface area contributed by atoms with Crippen molar-refractivity contribution in [2.24, 2.45) is 5.92 Å². The van der Waals surface area contributed by atoms with Gasteiger partial charge in [-0.25, -0.2) is 9.97 Å². The van der Waals surface area contributed by atoms with E-state index in [1.165, 1.54) is 22.2 Å². The molecule has 6 heteroatoms. The monoisotopic (exact) mass is 435 g/mol. The van der Waals surface area contributed by atoms with Crippen molar-refractivity contribution < 1.29 is 4.74 Å². The molecule has 0 saturated carbocycles. The molecule has 0 aliphatic heterocycles. The highest BCUT2D eigenvalue weighted by molar-refractivity contribution is 7.19. The zero-order valence-electron chi connectivity index (χ0n) is 16.7. The van der Waals surface area contributed by atoms with Gasteiger partial charge in [0, 0.05) is 15.6 Å². The largest absolute Gasteiger partial charge is 0.489 e. The maximum Gasteiger partial charge on any atom is 0.142 e. The van der Waals surface area contributed by atoms with Crippen molar-refractivity contribution in [3.05, 3.63) is 75.9 Å². The minimum atomic E-state index is 0.510. The van der Waals surface area contributed by atoms with Crippen LogP contribution in [0.3, 0.4) is 0 Å². The molecule has 4 nitrogen and oxygen atoms in total. The second-order valence-corrected chi connectivity index (χ2v) is 9.34. The molecule has 1 atom stereocenters. The summed E-state index contributed by atoms with van der Waals surface area (Å²) in [5.74, 6) is 2.46. The van der Waals surface area contributed by atoms with Crippen LogP contribution in [-0.4, -0.2) is 9.97 Å². The first-order valence-electron chi connectivity index (χ1n) is 10.2. The summed E-state index contributed by atoms with van der Waals surface area (Å²) < 4.78 is 5.88. The molecule has 5 rings (SSSR count). The van der Waals surface area contributed by atoms with Crippen molar-refractivity contribution >= 4 is 44.7 Å². The molecule has 0 saturated heterocycles. The lowest BCUT2D eigenvalue weighted by Gasteiger charge is -2.18. The molecule has 0 unspecified atom stereocenters. The standard InChI is InChI=1S/C24H22ClN3OS/c1-15-2-11-20-21(12-15)30-24-22(20)23(26-14-27-24)28-18-7-9-19(10-8-18)29-13-16-3-5-17(25)6-4-16/h3-10,14-15H,2,11-13H2,1H3,(H,26,27,28)/t15-/m1/s1. The number of hydrogen-bond donors (Lipinski definition) is 1. The third-order valence-electron chi connectivity index (χ3n) is 5.53. The molecule has 1 N–H and O–H groups in total. The summed E-state index contributed by atoms with van der Waals surface area (Å²) in [6.45, 7) is 2.84. The van der Waals surface area contributed by atoms with Gasteiger partial charge in [0.2, 0.25) is 0 Å². The average molecular weight is 436 g/mol. The second kappa shape index (κ2) is 8.25. The lowest BCUT2D eigenvalue weighted by molar-refractivity contribution is 0.306. The van der Waals surface area contributed by atoms with E-state index in [1.807, 2.05) is 59.9 Å². The Bertz CT molecular complexity index is 1170. The van der Waals surface area contributed by atoms with Gasteiger partial charge in [-0.15, -0.1) is 11.3 Å². The Kier molecular flexibility index (Phi) is 5.32. The van der Waals surface area contributed by atoms with E-state index in [9.17, 15) is 0 Å². The predicted molar refractivity (Wildman–Crippen MR) is 124 cm³/mol. The molecule has 1 aliphatic rings. The van der Waals surface area contributed by atoms with E-state index in [1.54, 1.807) is 6.33 Å². The molecule has 1 aliphatic carbocycles. The van der Waals surface area contributed by atoms with E-state index in [-0.39, 0.29) is 0 Å². The van der Waals surface area contributed by atoms with Gasteiger partial charge in [0.1, 0.15) is 29.3 Å². The molecule has 0 amide bonds. The molecular formula is C24H22ClN3OS. The number of nitrogens with zero attached hydrogens (tertiary/aromatic N) is 2. The Morgan fingerprint density at radius 2 is 1.90 bits per heavy atom. The van der Waals surface area contributed by atoms with Crippen LogP contribution in [0.1, 0.15) is 29.3 Å². The van der Waals surface area contributed by atoms with Gasteiger partial charge in [0.15, 0.2) is 0 Å². The zero-order chi connectivity index (χ0) is 20.5. The van der Waals surface area contributed by atoms with Crippen molar-refractivity contribution in [1.29, 1.82) is 0 Å². The lowest BCUT2D eigenvalue weighted by Crippen LogP contribution is -2.09. The topological polar surface area (TPSA) is 47.0 Å². The molecule has 30 heavy (non-hydrogen) atoms. The van der Waals surface area contributed by atoms with Crippen molar-refractivity contribution in [3.8, 4) is 5.75 Å². The number of fused-ring (bicyclic) bond motifs is 3. The zero-order valence-corrected chi connectivity index (χ0v) is 18.3. The van der Waals surface area contributed by atoms with Crippen LogP contribution in [-0.2, 0) is 19.4 Å². The average Bonchev–Trinajstić information content (AvgIpc) is 3.13. The lowest BCUT2D eigenvalue weighted by atomic mass is 9.89. The highest BCUT2D eigenvalue weighted by Gasteiger charge is 2.23. The predicted octanol–water partition coefficient (Wildman–Crippen LogP) is 6.79. The van der Waals surface area contributed by atoms with Gasteiger partial charge in [-0.1, -0.05) is 30.7 Å². The van der Waals surface area contributed by atoms with Crippen LogP contribution in [0.25, 0.3) is 10.2 Å². The fraction of sp³-hybridized carbons (Fsp3) is 0.250. The number of thiophene rings is 1. The van der Waals surface area contributed by atoms with E-state index in [0.29, 0.717) is 6.61 Å². The number of rotatable bonds is 5. The summed E-state index contributed by atoms with van der Waals surface area (Å²) in [5.41, 5.74) is 3.50. The van der Waals surface area contributed by atoms with E-state index in [0.717, 1.165) is 51.4 Å². The van der Waals surface area contributed by atoms with Gasteiger partial charge in [0.25, 0.3) is 0 Å². The van der Waals surface area contributed by atoms with Gasteiger partial charge < -0.3 is 10.1 Å². The summed E-state index contributed by atoms with van der Waals surface area (Å²) >= 11 is 7.75. The molecule has 2 aromatic carbocycles. The maximum absolute atomic E-state index is 5.93. The summed E-state index contributed by atoms with van der Waals surface area (Å²) in [5, 5.41) is 5.41. The van der Waals surface area contributed by atoms with Crippen LogP contribution in [0.5, 0.6) is 5.75 Å². The van der Waals surface area contributed by atoms with Crippen LogP contribution in [0.2, 0.25) is 5.02 Å². The van der Waals surface area contributed by atoms with E-state index in [4.69, 9.17) is 16.3 Å². The van der Waals surface area contributed by atoms with Gasteiger partial charge in [-0.05, 0) is 72.7 Å². The van der Waals surface area contributed by atoms with Crippen LogP contribution in [0.4, 0.5) is 11.5 Å². The van der Waals surface area contributed by atoms with E-state index < -0.39 is 0 Å². The summed E-state index contributed by atoms with van der Waals surface area (Å²) in [6.07, 6.45) is 5.14. The molecule has 2 aromatic heterocycles. The van der Waals surface area contributed by atoms with Crippen molar-refractivity contribution in [2.45, 2.75) is 32.8 Å². The number of benzene rings is 2. The molecule has 0 radical (unpaired) electrons. The highest BCUT2D eigenvalue weighted by Crippen LogP contribution is 2.40. The number of aromatic nitrogens is 2. The quantitative estimate of drug-likeness (QED) is 0.374. The minimum Gasteiger partial charge on any atom is -0.489 e. The Balaban J connectivity index is 1.32. The summed E-state index contributed by atoms with van der Waals surface area (Å²) in [4.78, 5) is 11.6. The van der Waals surface area contributed by atoms with Crippen LogP contribution >= 0.6 is 22.9 Å². The molecule has 152 valence electrons. The SMILES string of the molecule is C[C@@H]1CCc2c(sc3ncnc(Nc4ccc(OCc5ccc(Cl)cc5)cc4)c23)C1. The molecular weight excluding hydrogens is 414 g/mol. The molecule has 0 fully saturated rings. The van der Waals surface area contributed by atoms with Crippen molar-refractivity contribution in [2.75, 3.05) is 5.32 Å². The first kappa shape index (κ1) is 19.3. The number of anilines is 2. The summed E-state index contributed by atoms with van der Waals surface area (Å²) in [6, 6.07) is 15.7. The first-order chi connectivity index (χ1) is 14.7. The van der Waals surface area contributed by atoms with Crippen LogP contribution < -0.4 is 10.1 Å². The number of aryl methyl sites for hydroxylation is 1. The van der Waals surface area contributed by atoms with Gasteiger partial charge >= 0.3 is 0 Å². The van der Waals surface area contributed by atoms with E-state index >= 15 is 0 Å². The number of nitrogens with one attached hydrogen (secondary N) is 1. The smallest absolute Gasteiger partial charge is 0.142 e. The Hall–Kier alpha value is -2.63. The van der Waals surface area contributed by atoms with Gasteiger partial charge in [-0.3, -0.25) is 0 Å². The van der Waals surface area contributed by atoms with Crippen LogP contribution in [0, 0.1) is 5.92 Å². The van der Waals surface area contributed by atoms with Crippen molar-refractivity contribution in [1.82, 2.24) is 9.97 Å². The number of halogens is 1. The Labute approximate surface area is 184 Å². The molecule has 0 spiro atoms. The highest BCUT2D eigenvalue weighted by atomic mass is 35.5. The Morgan fingerprint density at radius 1 is 1.10 bits per heavy atom. The van der Waals surface area contributed by atoms with Gasteiger partial charge in [-0.2, -0.15) is 0 Å². The third-order valence-corrected chi connectivity index (χ3v) is 6.94. The van der Waals surface area contributed by atoms with Crippen molar-refractivity contribution in [3.63, 3.8) is 0 Å². The van der Waals surface area contributed by atoms with Gasteiger partial charge in [0.05, 0.1) is 5.39 Å². The molecule has 4 aromatic rings. The maximum atomic E-state index is 5.93. The first-order valence-corrected chi connectivity index (χ1v) is 11.3. The second-order valence-electron chi connectivity index (χ2n) is 7.82. The minimum absolute atomic E-state index is 0.510. The molecule has 2 heterocycles. The number of ether oxygens (including phenoxy) is 1.